The van der Waals surface area contributed by atoms with Crippen molar-refractivity contribution in [2.24, 2.45) is 0 Å². The van der Waals surface area contributed by atoms with E-state index in [2.05, 4.69) is 43.2 Å². The summed E-state index contributed by atoms with van der Waals surface area (Å²) < 4.78 is 13.2. The van der Waals surface area contributed by atoms with Crippen molar-refractivity contribution in [3.05, 3.63) is 35.2 Å². The fourth-order valence-electron chi connectivity index (χ4n) is 5.08. The lowest BCUT2D eigenvalue weighted by molar-refractivity contribution is 0.174. The number of anilines is 1. The summed E-state index contributed by atoms with van der Waals surface area (Å²) in [6.07, 6.45) is 5.87. The van der Waals surface area contributed by atoms with Crippen molar-refractivity contribution in [3.63, 3.8) is 0 Å². The maximum Gasteiger partial charge on any atom is 0.231 e. The van der Waals surface area contributed by atoms with Crippen LogP contribution in [0, 0.1) is 13.8 Å². The highest BCUT2D eigenvalue weighted by Crippen LogP contribution is 2.40. The first-order valence-corrected chi connectivity index (χ1v) is 11.2. The van der Waals surface area contributed by atoms with Crippen molar-refractivity contribution in [1.82, 2.24) is 14.6 Å². The number of rotatable bonds is 6. The number of fused-ring (bicyclic) bond motifs is 4. The Bertz CT molecular complexity index is 1100. The highest BCUT2D eigenvalue weighted by Gasteiger charge is 2.31. The number of benzene rings is 1. The molecule has 4 heterocycles. The largest absolute Gasteiger partial charge is 0.454 e. The second-order valence-electron chi connectivity index (χ2n) is 8.44. The van der Waals surface area contributed by atoms with E-state index in [0.29, 0.717) is 6.04 Å². The Labute approximate surface area is 177 Å². The molecule has 6 nitrogen and oxygen atoms in total. The molecule has 158 valence electrons. The van der Waals surface area contributed by atoms with Crippen LogP contribution in [-0.2, 0) is 6.42 Å². The Hall–Kier alpha value is -2.76. The predicted molar refractivity (Wildman–Crippen MR) is 119 cm³/mol. The van der Waals surface area contributed by atoms with Gasteiger partial charge in [-0.3, -0.25) is 0 Å². The first-order valence-electron chi connectivity index (χ1n) is 11.2. The SMILES string of the molecule is CCCC(CCC)N1CCc2c(C)nc3c(-c4ccc5c(c4)OCO5)c(C)nn3c21. The molecule has 0 fully saturated rings. The van der Waals surface area contributed by atoms with Crippen molar-refractivity contribution < 1.29 is 9.47 Å². The summed E-state index contributed by atoms with van der Waals surface area (Å²) in [5.41, 5.74) is 6.54. The first-order chi connectivity index (χ1) is 14.6. The lowest BCUT2D eigenvalue weighted by Crippen LogP contribution is -2.35. The van der Waals surface area contributed by atoms with E-state index in [4.69, 9.17) is 19.6 Å². The number of nitrogens with zero attached hydrogens (tertiary/aromatic N) is 4. The van der Waals surface area contributed by atoms with Crippen LogP contribution in [0.2, 0.25) is 0 Å². The van der Waals surface area contributed by atoms with Gasteiger partial charge in [0.15, 0.2) is 17.1 Å². The van der Waals surface area contributed by atoms with Crippen molar-refractivity contribution in [1.29, 1.82) is 0 Å². The second kappa shape index (κ2) is 7.49. The summed E-state index contributed by atoms with van der Waals surface area (Å²) in [5, 5.41) is 4.99. The molecule has 0 saturated heterocycles. The van der Waals surface area contributed by atoms with E-state index in [0.717, 1.165) is 52.6 Å². The summed E-state index contributed by atoms with van der Waals surface area (Å²) in [6.45, 7) is 10.1. The van der Waals surface area contributed by atoms with E-state index < -0.39 is 0 Å². The van der Waals surface area contributed by atoms with Gasteiger partial charge in [0, 0.05) is 29.4 Å². The van der Waals surface area contributed by atoms with Gasteiger partial charge in [-0.1, -0.05) is 32.8 Å². The van der Waals surface area contributed by atoms with Gasteiger partial charge >= 0.3 is 0 Å². The van der Waals surface area contributed by atoms with Gasteiger partial charge in [-0.15, -0.1) is 0 Å². The minimum atomic E-state index is 0.280. The van der Waals surface area contributed by atoms with Crippen molar-refractivity contribution >= 4 is 11.5 Å². The van der Waals surface area contributed by atoms with Crippen LogP contribution in [0.1, 0.15) is 56.5 Å². The first kappa shape index (κ1) is 19.2. The molecule has 0 saturated carbocycles. The maximum absolute atomic E-state index is 5.61. The smallest absolute Gasteiger partial charge is 0.231 e. The molecule has 0 radical (unpaired) electrons. The molecule has 0 amide bonds. The van der Waals surface area contributed by atoms with Gasteiger partial charge in [0.1, 0.15) is 5.82 Å². The minimum absolute atomic E-state index is 0.280. The zero-order valence-electron chi connectivity index (χ0n) is 18.4. The summed E-state index contributed by atoms with van der Waals surface area (Å²) in [6, 6.07) is 6.66. The fraction of sp³-hybridized carbons (Fsp3) is 0.500. The van der Waals surface area contributed by atoms with E-state index in [1.807, 2.05) is 12.1 Å². The van der Waals surface area contributed by atoms with Crippen LogP contribution < -0.4 is 14.4 Å². The topological polar surface area (TPSA) is 51.9 Å². The third kappa shape index (κ3) is 2.92. The molecule has 6 heteroatoms. The third-order valence-electron chi connectivity index (χ3n) is 6.44. The van der Waals surface area contributed by atoms with Crippen molar-refractivity contribution in [3.8, 4) is 22.6 Å². The lowest BCUT2D eigenvalue weighted by atomic mass is 10.0. The monoisotopic (exact) mass is 406 g/mol. The van der Waals surface area contributed by atoms with Gasteiger partial charge in [0.05, 0.1) is 5.69 Å². The van der Waals surface area contributed by atoms with Gasteiger partial charge in [-0.2, -0.15) is 9.61 Å². The van der Waals surface area contributed by atoms with Crippen LogP contribution in [0.5, 0.6) is 11.5 Å². The van der Waals surface area contributed by atoms with Crippen LogP contribution in [0.3, 0.4) is 0 Å². The molecule has 0 bridgehead atoms. The Morgan fingerprint density at radius 3 is 2.57 bits per heavy atom. The van der Waals surface area contributed by atoms with Gasteiger partial charge in [-0.25, -0.2) is 4.98 Å². The molecule has 0 N–H and O–H groups in total. The summed E-state index contributed by atoms with van der Waals surface area (Å²) >= 11 is 0. The van der Waals surface area contributed by atoms with Gasteiger partial charge < -0.3 is 14.4 Å². The molecule has 0 atom stereocenters. The molecule has 3 aromatic rings. The Morgan fingerprint density at radius 2 is 1.80 bits per heavy atom. The second-order valence-corrected chi connectivity index (χ2v) is 8.44. The molecular weight excluding hydrogens is 376 g/mol. The fourth-order valence-corrected chi connectivity index (χ4v) is 5.08. The Kier molecular flexibility index (Phi) is 4.80. The van der Waals surface area contributed by atoms with E-state index in [1.54, 1.807) is 0 Å². The molecular formula is C24H30N4O2. The van der Waals surface area contributed by atoms with Gasteiger partial charge in [-0.05, 0) is 50.8 Å². The summed E-state index contributed by atoms with van der Waals surface area (Å²) in [4.78, 5) is 7.62. The number of aromatic nitrogens is 3. The molecule has 30 heavy (non-hydrogen) atoms. The normalized spacial score (nSPS) is 14.9. The lowest BCUT2D eigenvalue weighted by Gasteiger charge is -2.30. The number of hydrogen-bond acceptors (Lipinski definition) is 5. The molecule has 0 aliphatic carbocycles. The minimum Gasteiger partial charge on any atom is -0.454 e. The van der Waals surface area contributed by atoms with Crippen LogP contribution in [0.4, 0.5) is 5.82 Å². The van der Waals surface area contributed by atoms with Crippen LogP contribution in [0.15, 0.2) is 18.2 Å². The van der Waals surface area contributed by atoms with Gasteiger partial charge in [0.2, 0.25) is 6.79 Å². The maximum atomic E-state index is 5.61. The number of hydrogen-bond donors (Lipinski definition) is 0. The zero-order chi connectivity index (χ0) is 20.8. The van der Waals surface area contributed by atoms with E-state index >= 15 is 0 Å². The number of aryl methyl sites for hydroxylation is 2. The van der Waals surface area contributed by atoms with Crippen LogP contribution in [0.25, 0.3) is 16.8 Å². The zero-order valence-corrected chi connectivity index (χ0v) is 18.4. The Balaban J connectivity index is 1.67. The van der Waals surface area contributed by atoms with Crippen molar-refractivity contribution in [2.75, 3.05) is 18.2 Å². The number of ether oxygens (including phenoxy) is 2. The molecule has 5 rings (SSSR count). The van der Waals surface area contributed by atoms with Gasteiger partial charge in [0.25, 0.3) is 0 Å². The molecule has 2 aromatic heterocycles. The predicted octanol–water partition coefficient (Wildman–Crippen LogP) is 5.07. The van der Waals surface area contributed by atoms with E-state index in [9.17, 15) is 0 Å². The molecule has 1 aromatic carbocycles. The van der Waals surface area contributed by atoms with Crippen LogP contribution in [-0.4, -0.2) is 34.0 Å². The highest BCUT2D eigenvalue weighted by molar-refractivity contribution is 5.83. The van der Waals surface area contributed by atoms with Crippen LogP contribution >= 0.6 is 0 Å². The van der Waals surface area contributed by atoms with E-state index in [1.165, 1.54) is 37.1 Å². The van der Waals surface area contributed by atoms with Crippen molar-refractivity contribution in [2.45, 2.75) is 65.8 Å². The van der Waals surface area contributed by atoms with E-state index in [-0.39, 0.29) is 6.79 Å². The third-order valence-corrected chi connectivity index (χ3v) is 6.44. The molecule has 2 aliphatic rings. The quantitative estimate of drug-likeness (QED) is 0.572. The highest BCUT2D eigenvalue weighted by atomic mass is 16.7. The standard InChI is InChI=1S/C24H30N4O2/c1-5-7-18(8-6-2)27-12-11-19-15(3)25-23-22(16(4)26-28(23)24(19)27)17-9-10-20-21(13-17)30-14-29-20/h9-10,13,18H,5-8,11-12,14H2,1-4H3. The average Bonchev–Trinajstić information content (AvgIpc) is 3.43. The summed E-state index contributed by atoms with van der Waals surface area (Å²) in [5.74, 6) is 2.84. The summed E-state index contributed by atoms with van der Waals surface area (Å²) in [7, 11) is 0. The average molecular weight is 407 g/mol. The molecule has 2 aliphatic heterocycles. The molecule has 0 unspecified atom stereocenters. The molecule has 0 spiro atoms. The Morgan fingerprint density at radius 1 is 1.03 bits per heavy atom.